The Morgan fingerprint density at radius 2 is 2.08 bits per heavy atom. The van der Waals surface area contributed by atoms with Gasteiger partial charge in [0.2, 0.25) is 0 Å². The Balaban J connectivity index is 2.07. The minimum absolute atomic E-state index is 0.354. The van der Waals surface area contributed by atoms with Crippen molar-refractivity contribution in [2.45, 2.75) is 12.1 Å². The number of carboxylic acid groups (broad SMARTS) is 1. The van der Waals surface area contributed by atoms with Crippen LogP contribution in [0, 0.1) is 0 Å². The van der Waals surface area contributed by atoms with Crippen LogP contribution in [0.25, 0.3) is 10.9 Å². The van der Waals surface area contributed by atoms with Crippen LogP contribution in [0.15, 0.2) is 38.5 Å². The van der Waals surface area contributed by atoms with E-state index < -0.39 is 29.3 Å². The zero-order valence-corrected chi connectivity index (χ0v) is 14.5. The van der Waals surface area contributed by atoms with Crippen LogP contribution in [0.2, 0.25) is 5.02 Å². The molecule has 2 N–H and O–H groups in total. The van der Waals surface area contributed by atoms with Gasteiger partial charge >= 0.3 is 11.7 Å². The molecule has 0 saturated carbocycles. The van der Waals surface area contributed by atoms with Gasteiger partial charge in [0, 0.05) is 34.1 Å². The molecule has 2 atom stereocenters. The summed E-state index contributed by atoms with van der Waals surface area (Å²) in [6, 6.07) is 2.87. The molecule has 0 aliphatic carbocycles. The van der Waals surface area contributed by atoms with Gasteiger partial charge in [-0.15, -0.1) is 11.3 Å². The Kier molecular flexibility index (Phi) is 3.48. The first kappa shape index (κ1) is 15.9. The smallest absolute Gasteiger partial charge is 0.329 e. The summed E-state index contributed by atoms with van der Waals surface area (Å²) in [4.78, 5) is 41.5. The molecule has 1 aliphatic heterocycles. The predicted octanol–water partition coefficient (Wildman–Crippen LogP) is 1.90. The van der Waals surface area contributed by atoms with Gasteiger partial charge in [0.25, 0.3) is 5.56 Å². The lowest BCUT2D eigenvalue weighted by atomic mass is 10.0. The number of aromatic amines is 1. The van der Waals surface area contributed by atoms with Crippen LogP contribution in [-0.2, 0) is 4.79 Å². The Morgan fingerprint density at radius 1 is 1.32 bits per heavy atom. The number of anilines is 1. The van der Waals surface area contributed by atoms with Crippen molar-refractivity contribution in [2.75, 3.05) is 11.9 Å². The van der Waals surface area contributed by atoms with E-state index >= 15 is 0 Å². The fourth-order valence-electron chi connectivity index (χ4n) is 3.41. The van der Waals surface area contributed by atoms with E-state index in [1.54, 1.807) is 40.9 Å². The summed E-state index contributed by atoms with van der Waals surface area (Å²) < 4.78 is 0.979. The van der Waals surface area contributed by atoms with Gasteiger partial charge in [-0.3, -0.25) is 4.79 Å². The molecule has 1 aliphatic rings. The van der Waals surface area contributed by atoms with Gasteiger partial charge in [0.1, 0.15) is 0 Å². The molecule has 0 saturated heterocycles. The maximum Gasteiger partial charge on any atom is 0.329 e. The van der Waals surface area contributed by atoms with Gasteiger partial charge in [-0.25, -0.2) is 14.2 Å². The molecule has 2 unspecified atom stereocenters. The van der Waals surface area contributed by atoms with Gasteiger partial charge < -0.3 is 15.0 Å². The van der Waals surface area contributed by atoms with Crippen LogP contribution in [0.3, 0.4) is 0 Å². The molecule has 7 nitrogen and oxygen atoms in total. The average molecular weight is 378 g/mol. The quantitative estimate of drug-likeness (QED) is 0.711. The molecule has 1 aromatic carbocycles. The van der Waals surface area contributed by atoms with Crippen LogP contribution in [-0.4, -0.2) is 33.7 Å². The molecule has 0 spiro atoms. The molecular formula is C16H12ClN3O4S. The average Bonchev–Trinajstić information content (AvgIpc) is 3.11. The molecule has 9 heteroatoms. The summed E-state index contributed by atoms with van der Waals surface area (Å²) >= 11 is 7.36. The normalized spacial score (nSPS) is 19.4. The number of fused-ring (bicyclic) bond motifs is 2. The molecule has 0 fully saturated rings. The van der Waals surface area contributed by atoms with E-state index in [0.29, 0.717) is 27.2 Å². The van der Waals surface area contributed by atoms with Crippen LogP contribution in [0.1, 0.15) is 11.6 Å². The number of rotatable bonds is 2. The second-order valence-electron chi connectivity index (χ2n) is 5.85. The van der Waals surface area contributed by atoms with E-state index in [1.807, 2.05) is 0 Å². The third kappa shape index (κ3) is 2.21. The molecule has 0 bridgehead atoms. The maximum absolute atomic E-state index is 12.9. The van der Waals surface area contributed by atoms with Crippen LogP contribution >= 0.6 is 22.9 Å². The van der Waals surface area contributed by atoms with E-state index in [-0.39, 0.29) is 0 Å². The van der Waals surface area contributed by atoms with E-state index in [9.17, 15) is 19.5 Å². The molecule has 0 radical (unpaired) electrons. The Bertz CT molecular complexity index is 1130. The number of nitrogens with zero attached hydrogens (tertiary/aromatic N) is 2. The summed E-state index contributed by atoms with van der Waals surface area (Å²) in [5, 5.41) is 13.8. The van der Waals surface area contributed by atoms with Gasteiger partial charge in [0.05, 0.1) is 16.9 Å². The SMILES string of the molecule is CN1c2ccc(Cl)cc2C(n2c(=O)[nH]c3cscc3c2=O)C1C(=O)O. The third-order valence-corrected chi connectivity index (χ3v) is 5.49. The van der Waals surface area contributed by atoms with Crippen molar-refractivity contribution in [3.63, 3.8) is 0 Å². The highest BCUT2D eigenvalue weighted by molar-refractivity contribution is 7.09. The molecule has 4 rings (SSSR count). The highest BCUT2D eigenvalue weighted by Crippen LogP contribution is 2.41. The van der Waals surface area contributed by atoms with Crippen LogP contribution in [0.5, 0.6) is 0 Å². The molecular weight excluding hydrogens is 366 g/mol. The monoisotopic (exact) mass is 377 g/mol. The first-order chi connectivity index (χ1) is 11.9. The summed E-state index contributed by atoms with van der Waals surface area (Å²) in [5.74, 6) is -1.13. The zero-order valence-electron chi connectivity index (χ0n) is 12.9. The van der Waals surface area contributed by atoms with Gasteiger partial charge in [0.15, 0.2) is 6.04 Å². The van der Waals surface area contributed by atoms with Crippen molar-refractivity contribution in [1.82, 2.24) is 9.55 Å². The molecule has 25 heavy (non-hydrogen) atoms. The minimum Gasteiger partial charge on any atom is -0.480 e. The Hall–Kier alpha value is -2.58. The molecule has 128 valence electrons. The number of carboxylic acids is 1. The van der Waals surface area contributed by atoms with Gasteiger partial charge in [-0.2, -0.15) is 0 Å². The number of nitrogens with one attached hydrogen (secondary N) is 1. The minimum atomic E-state index is -1.13. The lowest BCUT2D eigenvalue weighted by Crippen LogP contribution is -2.47. The lowest BCUT2D eigenvalue weighted by Gasteiger charge is -2.23. The van der Waals surface area contributed by atoms with Gasteiger partial charge in [-0.1, -0.05) is 11.6 Å². The number of aliphatic carboxylic acids is 1. The summed E-state index contributed by atoms with van der Waals surface area (Å²) in [6.07, 6.45) is 0. The van der Waals surface area contributed by atoms with Crippen molar-refractivity contribution in [1.29, 1.82) is 0 Å². The van der Waals surface area contributed by atoms with E-state index in [1.165, 1.54) is 11.3 Å². The first-order valence-electron chi connectivity index (χ1n) is 7.36. The molecule has 3 aromatic rings. The number of hydrogen-bond acceptors (Lipinski definition) is 5. The van der Waals surface area contributed by atoms with E-state index in [0.717, 1.165) is 4.57 Å². The zero-order chi connectivity index (χ0) is 17.9. The second-order valence-corrected chi connectivity index (χ2v) is 7.03. The van der Waals surface area contributed by atoms with Gasteiger partial charge in [-0.05, 0) is 18.2 Å². The number of carbonyl (C=O) groups is 1. The Labute approximate surface area is 149 Å². The number of likely N-dealkylation sites (N-methyl/N-ethyl adjacent to an activating group) is 1. The number of halogens is 1. The fourth-order valence-corrected chi connectivity index (χ4v) is 4.34. The lowest BCUT2D eigenvalue weighted by molar-refractivity contribution is -0.139. The summed E-state index contributed by atoms with van der Waals surface area (Å²) in [7, 11) is 1.62. The highest BCUT2D eigenvalue weighted by Gasteiger charge is 2.44. The standard InChI is InChI=1S/C16H12ClN3O4S/c1-19-11-3-2-7(17)4-8(11)12(13(19)15(22)23)20-14(21)9-5-25-6-10(9)18-16(20)24/h2-6,12-13H,1H3,(H,18,24)(H,22,23). The summed E-state index contributed by atoms with van der Waals surface area (Å²) in [6.45, 7) is 0. The number of thiophene rings is 1. The van der Waals surface area contributed by atoms with Crippen LogP contribution in [0.4, 0.5) is 5.69 Å². The first-order valence-corrected chi connectivity index (χ1v) is 8.68. The van der Waals surface area contributed by atoms with E-state index in [4.69, 9.17) is 11.6 Å². The number of H-pyrrole nitrogens is 1. The van der Waals surface area contributed by atoms with E-state index in [2.05, 4.69) is 4.98 Å². The molecule has 3 heterocycles. The van der Waals surface area contributed by atoms with Crippen molar-refractivity contribution < 1.29 is 9.90 Å². The maximum atomic E-state index is 12.9. The topological polar surface area (TPSA) is 95.4 Å². The number of benzene rings is 1. The highest BCUT2D eigenvalue weighted by atomic mass is 35.5. The largest absolute Gasteiger partial charge is 0.480 e. The van der Waals surface area contributed by atoms with Crippen molar-refractivity contribution in [3.05, 3.63) is 60.4 Å². The summed E-state index contributed by atoms with van der Waals surface area (Å²) in [5.41, 5.74) is 0.440. The second kappa shape index (κ2) is 5.47. The van der Waals surface area contributed by atoms with Crippen molar-refractivity contribution >= 4 is 45.5 Å². The van der Waals surface area contributed by atoms with Crippen molar-refractivity contribution in [3.8, 4) is 0 Å². The van der Waals surface area contributed by atoms with Crippen LogP contribution < -0.4 is 16.1 Å². The number of aromatic nitrogens is 2. The van der Waals surface area contributed by atoms with Crippen molar-refractivity contribution in [2.24, 2.45) is 0 Å². The Morgan fingerprint density at radius 3 is 2.80 bits per heavy atom. The predicted molar refractivity (Wildman–Crippen MR) is 96.1 cm³/mol. The fraction of sp³-hybridized carbons (Fsp3) is 0.188. The third-order valence-electron chi connectivity index (χ3n) is 4.51. The molecule has 2 aromatic heterocycles. The molecule has 0 amide bonds. The number of hydrogen-bond donors (Lipinski definition) is 2.